The lowest BCUT2D eigenvalue weighted by Gasteiger charge is -2.40. The fourth-order valence-corrected chi connectivity index (χ4v) is 5.55. The van der Waals surface area contributed by atoms with E-state index in [0.29, 0.717) is 54.6 Å². The van der Waals surface area contributed by atoms with Gasteiger partial charge < -0.3 is 15.0 Å². The number of urea groups is 1. The van der Waals surface area contributed by atoms with Crippen molar-refractivity contribution in [3.8, 4) is 0 Å². The van der Waals surface area contributed by atoms with Crippen molar-refractivity contribution in [3.05, 3.63) is 58.8 Å². The van der Waals surface area contributed by atoms with Crippen LogP contribution >= 0.6 is 11.6 Å². The van der Waals surface area contributed by atoms with Gasteiger partial charge in [-0.05, 0) is 37.5 Å². The fraction of sp³-hybridized carbons (Fsp3) is 0.519. The first-order valence-electron chi connectivity index (χ1n) is 12.8. The van der Waals surface area contributed by atoms with Crippen LogP contribution in [0, 0.1) is 5.92 Å². The van der Waals surface area contributed by atoms with Crippen LogP contribution in [-0.4, -0.2) is 78.5 Å². The molecule has 36 heavy (non-hydrogen) atoms. The van der Waals surface area contributed by atoms with E-state index in [1.807, 2.05) is 11.0 Å². The number of hydrogen-bond acceptors (Lipinski definition) is 5. The van der Waals surface area contributed by atoms with Crippen LogP contribution in [0.1, 0.15) is 44.2 Å². The summed E-state index contributed by atoms with van der Waals surface area (Å²) < 4.78 is 5.44. The Hall–Kier alpha value is -2.84. The van der Waals surface area contributed by atoms with Crippen molar-refractivity contribution >= 4 is 29.5 Å². The SMILES string of the molecule is C=CCN1C(=O)NC(c2cccc(Cl)c2)C(C(=O)OCC)=C1CN1CCN(C(=O)C2CCCC2)CC1. The maximum atomic E-state index is 13.3. The third-order valence-electron chi connectivity index (χ3n) is 7.19. The largest absolute Gasteiger partial charge is 0.463 e. The monoisotopic (exact) mass is 514 g/mol. The number of amides is 3. The number of nitrogens with one attached hydrogen (secondary N) is 1. The Morgan fingerprint density at radius 3 is 2.56 bits per heavy atom. The molecule has 1 atom stereocenters. The molecule has 1 N–H and O–H groups in total. The average Bonchev–Trinajstić information content (AvgIpc) is 3.41. The molecule has 2 aliphatic heterocycles. The molecule has 8 nitrogen and oxygen atoms in total. The first-order valence-corrected chi connectivity index (χ1v) is 13.2. The molecular weight excluding hydrogens is 480 g/mol. The predicted octanol–water partition coefficient (Wildman–Crippen LogP) is 3.74. The van der Waals surface area contributed by atoms with Gasteiger partial charge in [-0.2, -0.15) is 0 Å². The number of carbonyl (C=O) groups excluding carboxylic acids is 3. The van der Waals surface area contributed by atoms with Crippen LogP contribution in [0.4, 0.5) is 4.79 Å². The maximum absolute atomic E-state index is 13.3. The number of halogens is 1. The first-order chi connectivity index (χ1) is 17.4. The van der Waals surface area contributed by atoms with Crippen LogP contribution in [0.15, 0.2) is 48.2 Å². The summed E-state index contributed by atoms with van der Waals surface area (Å²) in [5.74, 6) is -0.0373. The van der Waals surface area contributed by atoms with Gasteiger partial charge in [0.2, 0.25) is 5.91 Å². The smallest absolute Gasteiger partial charge is 0.338 e. The second-order valence-corrected chi connectivity index (χ2v) is 9.94. The first kappa shape index (κ1) is 26.2. The number of benzene rings is 1. The van der Waals surface area contributed by atoms with Crippen LogP contribution in [0.3, 0.4) is 0 Å². The number of esters is 1. The third-order valence-corrected chi connectivity index (χ3v) is 7.42. The van der Waals surface area contributed by atoms with E-state index in [2.05, 4.69) is 16.8 Å². The van der Waals surface area contributed by atoms with Crippen molar-refractivity contribution in [1.29, 1.82) is 0 Å². The van der Waals surface area contributed by atoms with Gasteiger partial charge in [0.1, 0.15) is 0 Å². The Morgan fingerprint density at radius 2 is 1.92 bits per heavy atom. The molecule has 4 rings (SSSR count). The molecule has 3 amide bonds. The number of rotatable bonds is 8. The summed E-state index contributed by atoms with van der Waals surface area (Å²) in [5, 5.41) is 3.47. The van der Waals surface area contributed by atoms with Crippen LogP contribution in [0.5, 0.6) is 0 Å². The van der Waals surface area contributed by atoms with E-state index < -0.39 is 12.0 Å². The van der Waals surface area contributed by atoms with Crippen LogP contribution in [0.25, 0.3) is 0 Å². The Morgan fingerprint density at radius 1 is 1.19 bits per heavy atom. The topological polar surface area (TPSA) is 82.2 Å². The Balaban J connectivity index is 1.61. The van der Waals surface area contributed by atoms with E-state index in [0.717, 1.165) is 25.7 Å². The Labute approximate surface area is 217 Å². The van der Waals surface area contributed by atoms with Crippen molar-refractivity contribution in [3.63, 3.8) is 0 Å². The highest BCUT2D eigenvalue weighted by atomic mass is 35.5. The molecule has 1 aromatic carbocycles. The van der Waals surface area contributed by atoms with E-state index in [1.54, 1.807) is 36.1 Å². The number of piperazine rings is 1. The molecule has 9 heteroatoms. The molecule has 1 saturated heterocycles. The van der Waals surface area contributed by atoms with Crippen molar-refractivity contribution < 1.29 is 19.1 Å². The van der Waals surface area contributed by atoms with Gasteiger partial charge in [0.25, 0.3) is 0 Å². The highest BCUT2D eigenvalue weighted by Crippen LogP contribution is 2.33. The second kappa shape index (κ2) is 11.9. The van der Waals surface area contributed by atoms with E-state index in [9.17, 15) is 14.4 Å². The van der Waals surface area contributed by atoms with Crippen molar-refractivity contribution in [1.82, 2.24) is 20.0 Å². The maximum Gasteiger partial charge on any atom is 0.338 e. The molecule has 0 aromatic heterocycles. The molecule has 0 radical (unpaired) electrons. The quantitative estimate of drug-likeness (QED) is 0.422. The zero-order valence-corrected chi connectivity index (χ0v) is 21.6. The molecule has 1 aromatic rings. The van der Waals surface area contributed by atoms with Crippen LogP contribution in [-0.2, 0) is 14.3 Å². The van der Waals surface area contributed by atoms with Crippen molar-refractivity contribution in [2.24, 2.45) is 5.92 Å². The third kappa shape index (κ3) is 5.76. The van der Waals surface area contributed by atoms with E-state index in [1.165, 1.54) is 0 Å². The number of carbonyl (C=O) groups is 3. The molecule has 194 valence electrons. The van der Waals surface area contributed by atoms with Gasteiger partial charge in [-0.15, -0.1) is 6.58 Å². The van der Waals surface area contributed by atoms with E-state index >= 15 is 0 Å². The van der Waals surface area contributed by atoms with Gasteiger partial charge in [-0.1, -0.05) is 42.7 Å². The standard InChI is InChI=1S/C27H35ClN4O4/c1-3-12-32-22(18-30-13-15-31(16-14-30)25(33)19-8-5-6-9-19)23(26(34)36-4-2)24(29-27(32)35)20-10-7-11-21(28)17-20/h3,7,10-11,17,19,24H,1,4-6,8-9,12-16,18H2,2H3,(H,29,35). The van der Waals surface area contributed by atoms with Gasteiger partial charge >= 0.3 is 12.0 Å². The molecule has 0 spiro atoms. The minimum Gasteiger partial charge on any atom is -0.463 e. The summed E-state index contributed by atoms with van der Waals surface area (Å²) in [6.45, 7) is 9.04. The van der Waals surface area contributed by atoms with Crippen molar-refractivity contribution in [2.45, 2.75) is 38.6 Å². The zero-order valence-electron chi connectivity index (χ0n) is 20.9. The van der Waals surface area contributed by atoms with Crippen molar-refractivity contribution in [2.75, 3.05) is 45.9 Å². The van der Waals surface area contributed by atoms with Crippen LogP contribution in [0.2, 0.25) is 5.02 Å². The normalized spacial score (nSPS) is 21.5. The highest BCUT2D eigenvalue weighted by molar-refractivity contribution is 6.30. The number of ether oxygens (including phenoxy) is 1. The predicted molar refractivity (Wildman–Crippen MR) is 138 cm³/mol. The summed E-state index contributed by atoms with van der Waals surface area (Å²) in [6, 6.07) is 6.14. The zero-order chi connectivity index (χ0) is 25.7. The lowest BCUT2D eigenvalue weighted by atomic mass is 9.94. The lowest BCUT2D eigenvalue weighted by molar-refractivity contribution is -0.139. The molecule has 1 saturated carbocycles. The van der Waals surface area contributed by atoms with E-state index in [-0.39, 0.29) is 31.0 Å². The second-order valence-electron chi connectivity index (χ2n) is 9.50. The molecule has 1 aliphatic carbocycles. The Bertz CT molecular complexity index is 1030. The van der Waals surface area contributed by atoms with E-state index in [4.69, 9.17) is 16.3 Å². The Kier molecular flexibility index (Phi) is 8.69. The van der Waals surface area contributed by atoms with Gasteiger partial charge in [0.15, 0.2) is 0 Å². The molecule has 3 aliphatic rings. The minimum absolute atomic E-state index is 0.165. The molecule has 2 fully saturated rings. The number of nitrogens with zero attached hydrogens (tertiary/aromatic N) is 3. The van der Waals surface area contributed by atoms with Crippen LogP contribution < -0.4 is 5.32 Å². The van der Waals surface area contributed by atoms with Gasteiger partial charge in [0.05, 0.1) is 18.2 Å². The highest BCUT2D eigenvalue weighted by Gasteiger charge is 2.39. The molecular formula is C27H35ClN4O4. The summed E-state index contributed by atoms with van der Waals surface area (Å²) in [5.41, 5.74) is 1.70. The van der Waals surface area contributed by atoms with Gasteiger partial charge in [-0.25, -0.2) is 9.59 Å². The lowest BCUT2D eigenvalue weighted by Crippen LogP contribution is -2.54. The van der Waals surface area contributed by atoms with Gasteiger partial charge in [0, 0.05) is 55.9 Å². The summed E-state index contributed by atoms with van der Waals surface area (Å²) in [6.07, 6.45) is 5.89. The summed E-state index contributed by atoms with van der Waals surface area (Å²) in [7, 11) is 0. The number of hydrogen-bond donors (Lipinski definition) is 1. The summed E-state index contributed by atoms with van der Waals surface area (Å²) >= 11 is 6.24. The summed E-state index contributed by atoms with van der Waals surface area (Å²) in [4.78, 5) is 45.1. The minimum atomic E-state index is -0.684. The molecule has 2 heterocycles. The van der Waals surface area contributed by atoms with Gasteiger partial charge in [-0.3, -0.25) is 14.6 Å². The fourth-order valence-electron chi connectivity index (χ4n) is 5.35. The molecule has 1 unspecified atom stereocenters. The average molecular weight is 515 g/mol. The molecule has 0 bridgehead atoms.